The zero-order chi connectivity index (χ0) is 28.5. The number of likely N-dealkylation sites (tertiary alicyclic amines) is 1. The SMILES string of the molecule is CN(C)CC=CC(=O)N1CC2CC(n3nc(-c4ccc(C(=O)Nc5ccccc5)cc4)c4c(N)ncnc43)CC2C1. The van der Waals surface area contributed by atoms with Crippen molar-refractivity contribution in [3.8, 4) is 11.3 Å². The summed E-state index contributed by atoms with van der Waals surface area (Å²) in [6.45, 7) is 2.28. The van der Waals surface area contributed by atoms with E-state index in [1.54, 1.807) is 18.2 Å². The molecule has 210 valence electrons. The van der Waals surface area contributed by atoms with Crippen LogP contribution in [0.3, 0.4) is 0 Å². The van der Waals surface area contributed by atoms with E-state index in [1.165, 1.54) is 6.33 Å². The van der Waals surface area contributed by atoms with Gasteiger partial charge >= 0.3 is 0 Å². The lowest BCUT2D eigenvalue weighted by Crippen LogP contribution is -2.28. The van der Waals surface area contributed by atoms with Gasteiger partial charge in [0, 0.05) is 42.5 Å². The van der Waals surface area contributed by atoms with Crippen molar-refractivity contribution < 1.29 is 9.59 Å². The highest BCUT2D eigenvalue weighted by Gasteiger charge is 2.43. The molecule has 41 heavy (non-hydrogen) atoms. The van der Waals surface area contributed by atoms with Crippen LogP contribution in [-0.2, 0) is 4.79 Å². The molecular weight excluding hydrogens is 516 g/mol. The fraction of sp³-hybridized carbons (Fsp3) is 0.323. The lowest BCUT2D eigenvalue weighted by atomic mass is 10.0. The Morgan fingerprint density at radius 1 is 1.02 bits per heavy atom. The Kier molecular flexibility index (Phi) is 7.23. The van der Waals surface area contributed by atoms with Gasteiger partial charge in [-0.3, -0.25) is 9.59 Å². The lowest BCUT2D eigenvalue weighted by Gasteiger charge is -2.18. The van der Waals surface area contributed by atoms with Crippen LogP contribution in [0.25, 0.3) is 22.3 Å². The first-order valence-electron chi connectivity index (χ1n) is 13.9. The summed E-state index contributed by atoms with van der Waals surface area (Å²) in [5, 5.41) is 8.65. The largest absolute Gasteiger partial charge is 0.383 e. The molecule has 1 saturated carbocycles. The predicted octanol–water partition coefficient (Wildman–Crippen LogP) is 3.86. The van der Waals surface area contributed by atoms with Crippen LogP contribution in [0.2, 0.25) is 0 Å². The number of carbonyl (C=O) groups excluding carboxylic acids is 2. The second kappa shape index (κ2) is 11.1. The zero-order valence-corrected chi connectivity index (χ0v) is 23.3. The van der Waals surface area contributed by atoms with Gasteiger partial charge in [-0.1, -0.05) is 36.4 Å². The molecule has 4 aromatic rings. The number of fused-ring (bicyclic) bond motifs is 2. The van der Waals surface area contributed by atoms with E-state index in [0.717, 1.165) is 43.7 Å². The second-order valence-electron chi connectivity index (χ2n) is 11.2. The van der Waals surface area contributed by atoms with E-state index in [9.17, 15) is 9.59 Å². The van der Waals surface area contributed by atoms with Crippen molar-refractivity contribution in [2.45, 2.75) is 18.9 Å². The molecule has 1 aliphatic heterocycles. The maximum absolute atomic E-state index is 12.7. The average Bonchev–Trinajstić information content (AvgIpc) is 3.66. The molecule has 6 rings (SSSR count). The summed E-state index contributed by atoms with van der Waals surface area (Å²) in [5.74, 6) is 1.14. The lowest BCUT2D eigenvalue weighted by molar-refractivity contribution is -0.125. The number of amides is 2. The van der Waals surface area contributed by atoms with Gasteiger partial charge < -0.3 is 20.9 Å². The van der Waals surface area contributed by atoms with E-state index in [1.807, 2.05) is 77.1 Å². The molecule has 2 aromatic heterocycles. The molecule has 1 aliphatic carbocycles. The number of hydrogen-bond donors (Lipinski definition) is 2. The quantitative estimate of drug-likeness (QED) is 0.335. The first-order chi connectivity index (χ1) is 19.9. The molecule has 2 fully saturated rings. The number of rotatable bonds is 7. The van der Waals surface area contributed by atoms with Gasteiger partial charge in [-0.05, 0) is 63.0 Å². The Bertz CT molecular complexity index is 1580. The van der Waals surface area contributed by atoms with Gasteiger partial charge in [-0.25, -0.2) is 14.6 Å². The smallest absolute Gasteiger partial charge is 0.255 e. The van der Waals surface area contributed by atoms with Crippen molar-refractivity contribution >= 4 is 34.4 Å². The molecule has 0 spiro atoms. The van der Waals surface area contributed by atoms with Crippen LogP contribution in [0, 0.1) is 11.8 Å². The van der Waals surface area contributed by atoms with Gasteiger partial charge in [0.25, 0.3) is 5.91 Å². The normalized spacial score (nSPS) is 20.3. The molecule has 2 amide bonds. The van der Waals surface area contributed by atoms with Crippen molar-refractivity contribution in [2.75, 3.05) is 44.8 Å². The first kappa shape index (κ1) is 26.6. The summed E-state index contributed by atoms with van der Waals surface area (Å²) in [6, 6.07) is 16.9. The van der Waals surface area contributed by atoms with Gasteiger partial charge in [-0.15, -0.1) is 0 Å². The molecule has 10 heteroatoms. The highest BCUT2D eigenvalue weighted by molar-refractivity contribution is 6.05. The van der Waals surface area contributed by atoms with Gasteiger partial charge in [-0.2, -0.15) is 5.10 Å². The van der Waals surface area contributed by atoms with Gasteiger partial charge in [0.1, 0.15) is 17.8 Å². The van der Waals surface area contributed by atoms with Crippen LogP contribution >= 0.6 is 0 Å². The number of hydrogen-bond acceptors (Lipinski definition) is 7. The van der Waals surface area contributed by atoms with Crippen LogP contribution in [0.15, 0.2) is 73.1 Å². The molecule has 10 nitrogen and oxygen atoms in total. The summed E-state index contributed by atoms with van der Waals surface area (Å²) in [7, 11) is 3.97. The van der Waals surface area contributed by atoms with Gasteiger partial charge in [0.2, 0.25) is 5.91 Å². The van der Waals surface area contributed by atoms with E-state index in [2.05, 4.69) is 15.3 Å². The monoisotopic (exact) mass is 550 g/mol. The van der Waals surface area contributed by atoms with Crippen LogP contribution < -0.4 is 11.1 Å². The van der Waals surface area contributed by atoms with Crippen molar-refractivity contribution in [3.05, 3.63) is 78.6 Å². The Morgan fingerprint density at radius 3 is 2.41 bits per heavy atom. The van der Waals surface area contributed by atoms with Crippen molar-refractivity contribution in [1.82, 2.24) is 29.5 Å². The van der Waals surface area contributed by atoms with Crippen LogP contribution in [0.5, 0.6) is 0 Å². The zero-order valence-electron chi connectivity index (χ0n) is 23.3. The maximum atomic E-state index is 12.7. The molecule has 2 aliphatic rings. The molecule has 0 bridgehead atoms. The van der Waals surface area contributed by atoms with E-state index in [4.69, 9.17) is 10.8 Å². The van der Waals surface area contributed by atoms with Crippen molar-refractivity contribution in [2.24, 2.45) is 11.8 Å². The van der Waals surface area contributed by atoms with Crippen LogP contribution in [-0.4, -0.2) is 75.1 Å². The van der Waals surface area contributed by atoms with Crippen molar-refractivity contribution in [3.63, 3.8) is 0 Å². The summed E-state index contributed by atoms with van der Waals surface area (Å²) in [6.07, 6.45) is 6.95. The van der Waals surface area contributed by atoms with Crippen molar-refractivity contribution in [1.29, 1.82) is 0 Å². The number of nitrogen functional groups attached to an aromatic ring is 1. The number of nitrogens with two attached hydrogens (primary N) is 1. The summed E-state index contributed by atoms with van der Waals surface area (Å²) >= 11 is 0. The Balaban J connectivity index is 1.20. The van der Waals surface area contributed by atoms with Gasteiger partial charge in [0.15, 0.2) is 5.65 Å². The number of aromatic nitrogens is 4. The van der Waals surface area contributed by atoms with E-state index in [0.29, 0.717) is 39.9 Å². The number of nitrogens with one attached hydrogen (secondary N) is 1. The third-order valence-corrected chi connectivity index (χ3v) is 8.08. The molecule has 0 radical (unpaired) electrons. The third kappa shape index (κ3) is 5.43. The maximum Gasteiger partial charge on any atom is 0.255 e. The summed E-state index contributed by atoms with van der Waals surface area (Å²) in [4.78, 5) is 38.3. The minimum Gasteiger partial charge on any atom is -0.383 e. The van der Waals surface area contributed by atoms with Gasteiger partial charge in [0.05, 0.1) is 11.4 Å². The molecular formula is C31H34N8O2. The standard InChI is InChI=1S/C31H34N8O2/c1-37(2)14-6-9-26(40)38-17-22-15-25(16-23(22)18-38)39-30-27(29(32)33-19-34-30)28(36-39)20-10-12-21(13-11-20)31(41)35-24-7-4-3-5-8-24/h3-13,19,22-23,25H,14-18H2,1-2H3,(H,35,41)(H2,32,33,34). The Labute approximate surface area is 238 Å². The molecule has 2 unspecified atom stereocenters. The molecule has 3 heterocycles. The highest BCUT2D eigenvalue weighted by Crippen LogP contribution is 2.45. The predicted molar refractivity (Wildman–Crippen MR) is 159 cm³/mol. The fourth-order valence-electron chi connectivity index (χ4n) is 6.07. The molecule has 1 saturated heterocycles. The number of benzene rings is 2. The van der Waals surface area contributed by atoms with Crippen LogP contribution in [0.1, 0.15) is 29.2 Å². The summed E-state index contributed by atoms with van der Waals surface area (Å²) in [5.41, 5.74) is 9.89. The number of carbonyl (C=O) groups is 2. The molecule has 2 aromatic carbocycles. The van der Waals surface area contributed by atoms with E-state index < -0.39 is 0 Å². The number of para-hydroxylation sites is 1. The second-order valence-corrected chi connectivity index (χ2v) is 11.2. The Morgan fingerprint density at radius 2 is 1.73 bits per heavy atom. The highest BCUT2D eigenvalue weighted by atomic mass is 16.2. The minimum atomic E-state index is -0.181. The fourth-order valence-corrected chi connectivity index (χ4v) is 6.07. The third-order valence-electron chi connectivity index (χ3n) is 8.08. The minimum absolute atomic E-state index is 0.0889. The van der Waals surface area contributed by atoms with E-state index in [-0.39, 0.29) is 17.9 Å². The molecule has 2 atom stereocenters. The topological polar surface area (TPSA) is 122 Å². The number of anilines is 2. The van der Waals surface area contributed by atoms with E-state index >= 15 is 0 Å². The molecule has 3 N–H and O–H groups in total. The number of likely N-dealkylation sites (N-methyl/N-ethyl adjacent to an activating group) is 1. The first-order valence-corrected chi connectivity index (χ1v) is 13.9. The summed E-state index contributed by atoms with van der Waals surface area (Å²) < 4.78 is 2.00. The Hall–Kier alpha value is -4.57. The number of nitrogens with zero attached hydrogens (tertiary/aromatic N) is 6. The average molecular weight is 551 g/mol. The van der Waals surface area contributed by atoms with Crippen LogP contribution in [0.4, 0.5) is 11.5 Å².